The van der Waals surface area contributed by atoms with E-state index in [1.165, 1.54) is 12.3 Å². The van der Waals surface area contributed by atoms with Crippen molar-refractivity contribution in [3.05, 3.63) is 69.7 Å². The third-order valence-electron chi connectivity index (χ3n) is 3.76. The summed E-state index contributed by atoms with van der Waals surface area (Å²) in [5.74, 6) is -0.551. The Morgan fingerprint density at radius 3 is 2.42 bits per heavy atom. The molecular weight excluding hydrogens is 353 g/mol. The molecule has 0 saturated heterocycles. The lowest BCUT2D eigenvalue weighted by Crippen LogP contribution is -2.19. The van der Waals surface area contributed by atoms with Crippen molar-refractivity contribution in [1.29, 1.82) is 0 Å². The Morgan fingerprint density at radius 2 is 1.79 bits per heavy atom. The van der Waals surface area contributed by atoms with E-state index >= 15 is 0 Å². The molecule has 0 amide bonds. The molecule has 0 aliphatic carbocycles. The normalized spacial score (nSPS) is 11.8. The fourth-order valence-corrected chi connectivity index (χ4v) is 4.08. The highest BCUT2D eigenvalue weighted by Crippen LogP contribution is 2.23. The maximum absolute atomic E-state index is 13.1. The summed E-state index contributed by atoms with van der Waals surface area (Å²) < 4.78 is 40.3. The van der Waals surface area contributed by atoms with Gasteiger partial charge in [-0.2, -0.15) is 0 Å². The maximum Gasteiger partial charge on any atom is 0.211 e. The van der Waals surface area contributed by atoms with E-state index in [2.05, 4.69) is 0 Å². The van der Waals surface area contributed by atoms with Crippen molar-refractivity contribution >= 4 is 32.3 Å². The third kappa shape index (κ3) is 2.72. The highest BCUT2D eigenvalue weighted by molar-refractivity contribution is 7.91. The van der Waals surface area contributed by atoms with Crippen LogP contribution in [0.25, 0.3) is 10.9 Å². The Balaban J connectivity index is 2.35. The first kappa shape index (κ1) is 16.7. The Bertz CT molecular complexity index is 1090. The van der Waals surface area contributed by atoms with Crippen LogP contribution in [0.15, 0.2) is 63.2 Å². The Morgan fingerprint density at radius 1 is 1.12 bits per heavy atom. The van der Waals surface area contributed by atoms with Gasteiger partial charge in [-0.3, -0.25) is 4.79 Å². The standard InChI is InChI=1S/C17H13ClFNO3S/c1-2-20-10-16(17(21)14-9-11(18)3-8-15(14)20)24(22,23)13-6-4-12(19)5-7-13/h3-10H,2H2,1H3. The van der Waals surface area contributed by atoms with Gasteiger partial charge in [0, 0.05) is 23.2 Å². The molecular formula is C17H13ClFNO3S. The molecule has 0 spiro atoms. The largest absolute Gasteiger partial charge is 0.346 e. The number of nitrogens with zero attached hydrogens (tertiary/aromatic N) is 1. The average molecular weight is 366 g/mol. The molecule has 4 nitrogen and oxygen atoms in total. The second-order valence-electron chi connectivity index (χ2n) is 5.23. The molecule has 124 valence electrons. The first-order valence-electron chi connectivity index (χ1n) is 7.18. The van der Waals surface area contributed by atoms with Gasteiger partial charge in [-0.25, -0.2) is 12.8 Å². The number of aromatic nitrogens is 1. The van der Waals surface area contributed by atoms with Gasteiger partial charge in [-0.15, -0.1) is 0 Å². The lowest BCUT2D eigenvalue weighted by atomic mass is 10.2. The minimum atomic E-state index is -4.07. The van der Waals surface area contributed by atoms with Gasteiger partial charge in [0.15, 0.2) is 0 Å². The number of pyridine rings is 1. The highest BCUT2D eigenvalue weighted by Gasteiger charge is 2.23. The molecule has 0 atom stereocenters. The predicted octanol–water partition coefficient (Wildman–Crippen LogP) is 3.65. The van der Waals surface area contributed by atoms with Crippen LogP contribution in [0.3, 0.4) is 0 Å². The van der Waals surface area contributed by atoms with Crippen LogP contribution in [-0.4, -0.2) is 13.0 Å². The molecule has 0 fully saturated rings. The van der Waals surface area contributed by atoms with Crippen LogP contribution in [0.1, 0.15) is 6.92 Å². The minimum Gasteiger partial charge on any atom is -0.346 e. The lowest BCUT2D eigenvalue weighted by molar-refractivity contribution is 0.592. The van der Waals surface area contributed by atoms with Crippen molar-refractivity contribution in [3.8, 4) is 0 Å². The summed E-state index contributed by atoms with van der Waals surface area (Å²) in [7, 11) is -4.07. The van der Waals surface area contributed by atoms with Crippen molar-refractivity contribution in [1.82, 2.24) is 4.57 Å². The second-order valence-corrected chi connectivity index (χ2v) is 7.58. The first-order chi connectivity index (χ1) is 11.3. The summed E-state index contributed by atoms with van der Waals surface area (Å²) in [6.07, 6.45) is 1.32. The molecule has 3 rings (SSSR count). The summed E-state index contributed by atoms with van der Waals surface area (Å²) in [6.45, 7) is 2.32. The van der Waals surface area contributed by atoms with Crippen molar-refractivity contribution in [3.63, 3.8) is 0 Å². The number of fused-ring (bicyclic) bond motifs is 1. The first-order valence-corrected chi connectivity index (χ1v) is 9.04. The monoisotopic (exact) mass is 365 g/mol. The molecule has 0 unspecified atom stereocenters. The van der Waals surface area contributed by atoms with Crippen LogP contribution in [0.5, 0.6) is 0 Å². The Kier molecular flexibility index (Phi) is 4.19. The molecule has 1 aromatic heterocycles. The second kappa shape index (κ2) is 6.03. The predicted molar refractivity (Wildman–Crippen MR) is 90.7 cm³/mol. The van der Waals surface area contributed by atoms with E-state index in [-0.39, 0.29) is 15.2 Å². The molecule has 24 heavy (non-hydrogen) atoms. The van der Waals surface area contributed by atoms with E-state index in [9.17, 15) is 17.6 Å². The van der Waals surface area contributed by atoms with Crippen LogP contribution < -0.4 is 5.43 Å². The molecule has 3 aromatic rings. The number of hydrogen-bond donors (Lipinski definition) is 0. The number of benzene rings is 2. The van der Waals surface area contributed by atoms with E-state index in [0.29, 0.717) is 17.1 Å². The molecule has 1 heterocycles. The molecule has 0 N–H and O–H groups in total. The number of hydrogen-bond acceptors (Lipinski definition) is 3. The van der Waals surface area contributed by atoms with E-state index in [0.717, 1.165) is 24.3 Å². The van der Waals surface area contributed by atoms with Gasteiger partial charge in [-0.1, -0.05) is 11.6 Å². The van der Waals surface area contributed by atoms with Crippen LogP contribution in [0.4, 0.5) is 4.39 Å². The zero-order valence-electron chi connectivity index (χ0n) is 12.7. The van der Waals surface area contributed by atoms with E-state index in [1.54, 1.807) is 16.7 Å². The molecule has 0 aliphatic heterocycles. The number of aryl methyl sites for hydroxylation is 1. The van der Waals surface area contributed by atoms with Crippen LogP contribution in [0.2, 0.25) is 5.02 Å². The number of rotatable bonds is 3. The van der Waals surface area contributed by atoms with E-state index in [1.807, 2.05) is 6.92 Å². The van der Waals surface area contributed by atoms with Crippen LogP contribution >= 0.6 is 11.6 Å². The van der Waals surface area contributed by atoms with E-state index < -0.39 is 21.1 Å². The van der Waals surface area contributed by atoms with Gasteiger partial charge in [0.05, 0.1) is 10.4 Å². The van der Waals surface area contributed by atoms with Crippen LogP contribution in [0, 0.1) is 5.82 Å². The number of sulfone groups is 1. The maximum atomic E-state index is 13.1. The summed E-state index contributed by atoms with van der Waals surface area (Å²) in [5, 5.41) is 0.575. The minimum absolute atomic E-state index is 0.134. The lowest BCUT2D eigenvalue weighted by Gasteiger charge is -2.12. The summed E-state index contributed by atoms with van der Waals surface area (Å²) in [4.78, 5) is 12.2. The van der Waals surface area contributed by atoms with Crippen molar-refractivity contribution < 1.29 is 12.8 Å². The van der Waals surface area contributed by atoms with Crippen molar-refractivity contribution in [2.24, 2.45) is 0 Å². The molecule has 2 aromatic carbocycles. The topological polar surface area (TPSA) is 56.1 Å². The fourth-order valence-electron chi connectivity index (χ4n) is 2.54. The molecule has 0 aliphatic rings. The number of halogens is 2. The van der Waals surface area contributed by atoms with Gasteiger partial charge >= 0.3 is 0 Å². The highest BCUT2D eigenvalue weighted by atomic mass is 35.5. The van der Waals surface area contributed by atoms with Gasteiger partial charge in [-0.05, 0) is 49.4 Å². The van der Waals surface area contributed by atoms with Gasteiger partial charge in [0.25, 0.3) is 0 Å². The van der Waals surface area contributed by atoms with Gasteiger partial charge in [0.1, 0.15) is 10.7 Å². The molecule has 0 radical (unpaired) electrons. The smallest absolute Gasteiger partial charge is 0.211 e. The van der Waals surface area contributed by atoms with Crippen LogP contribution in [-0.2, 0) is 16.4 Å². The average Bonchev–Trinajstić information content (AvgIpc) is 2.56. The summed E-state index contributed by atoms with van der Waals surface area (Å²) >= 11 is 5.95. The van der Waals surface area contributed by atoms with Gasteiger partial charge < -0.3 is 4.57 Å². The quantitative estimate of drug-likeness (QED) is 0.666. The Hall–Kier alpha value is -2.18. The Labute approximate surface area is 143 Å². The van der Waals surface area contributed by atoms with Crippen molar-refractivity contribution in [2.45, 2.75) is 23.3 Å². The molecule has 0 bridgehead atoms. The van der Waals surface area contributed by atoms with E-state index in [4.69, 9.17) is 11.6 Å². The van der Waals surface area contributed by atoms with Gasteiger partial charge in [0.2, 0.25) is 15.3 Å². The SMILES string of the molecule is CCn1cc(S(=O)(=O)c2ccc(F)cc2)c(=O)c2cc(Cl)ccc21. The van der Waals surface area contributed by atoms with Crippen molar-refractivity contribution in [2.75, 3.05) is 0 Å². The summed E-state index contributed by atoms with van der Waals surface area (Å²) in [5.41, 5.74) is -0.0218. The summed E-state index contributed by atoms with van der Waals surface area (Å²) in [6, 6.07) is 9.15. The third-order valence-corrected chi connectivity index (χ3v) is 5.76. The molecule has 0 saturated carbocycles. The zero-order chi connectivity index (χ0) is 17.5. The zero-order valence-corrected chi connectivity index (χ0v) is 14.2. The molecule has 7 heteroatoms. The fraction of sp³-hybridized carbons (Fsp3) is 0.118.